The number of rotatable bonds is 6. The van der Waals surface area contributed by atoms with Gasteiger partial charge in [-0.2, -0.15) is 0 Å². The molecule has 1 saturated carbocycles. The van der Waals surface area contributed by atoms with E-state index in [1.165, 1.54) is 0 Å². The molecule has 0 aromatic heterocycles. The average Bonchev–Trinajstić information content (AvgIpc) is 2.86. The molecule has 2 atom stereocenters. The number of hydrogen-bond donors (Lipinski definition) is 2. The van der Waals surface area contributed by atoms with Gasteiger partial charge in [-0.05, 0) is 32.1 Å². The molecule has 1 fully saturated rings. The normalized spacial score (nSPS) is 23.6. The number of aliphatic hydroxyl groups excluding tert-OH is 1. The second kappa shape index (κ2) is 4.25. The van der Waals surface area contributed by atoms with E-state index in [2.05, 4.69) is 25.7 Å². The van der Waals surface area contributed by atoms with Crippen molar-refractivity contribution in [3.63, 3.8) is 0 Å². The third kappa shape index (κ3) is 2.82. The topological polar surface area (TPSA) is 32.3 Å². The molecule has 0 aliphatic heterocycles. The Kier molecular flexibility index (Phi) is 3.51. The van der Waals surface area contributed by atoms with Gasteiger partial charge < -0.3 is 10.4 Å². The fraction of sp³-hybridized carbons (Fsp3) is 0.818. The fourth-order valence-corrected chi connectivity index (χ4v) is 1.59. The van der Waals surface area contributed by atoms with Gasteiger partial charge in [-0.25, -0.2) is 0 Å². The molecule has 2 heteroatoms. The van der Waals surface area contributed by atoms with E-state index in [1.54, 1.807) is 0 Å². The summed E-state index contributed by atoms with van der Waals surface area (Å²) in [5.41, 5.74) is 0.0643. The minimum absolute atomic E-state index is 0.0643. The van der Waals surface area contributed by atoms with Gasteiger partial charge in [0.25, 0.3) is 0 Å². The summed E-state index contributed by atoms with van der Waals surface area (Å²) < 4.78 is 0. The Morgan fingerprint density at radius 2 is 2.15 bits per heavy atom. The Hall–Kier alpha value is -0.340. The van der Waals surface area contributed by atoms with Crippen LogP contribution < -0.4 is 5.32 Å². The van der Waals surface area contributed by atoms with Gasteiger partial charge in [0.2, 0.25) is 0 Å². The molecule has 2 N–H and O–H groups in total. The Labute approximate surface area is 81.0 Å². The highest BCUT2D eigenvalue weighted by molar-refractivity contribution is 5.03. The molecule has 0 aromatic carbocycles. The van der Waals surface area contributed by atoms with Crippen LogP contribution in [0.2, 0.25) is 0 Å². The zero-order valence-electron chi connectivity index (χ0n) is 8.71. The van der Waals surface area contributed by atoms with Crippen molar-refractivity contribution < 1.29 is 5.11 Å². The Bertz CT molecular complexity index is 175. The van der Waals surface area contributed by atoms with Crippen molar-refractivity contribution in [1.82, 2.24) is 5.32 Å². The molecule has 0 saturated heterocycles. The first-order chi connectivity index (χ1) is 6.13. The van der Waals surface area contributed by atoms with Gasteiger partial charge in [0.05, 0.1) is 6.61 Å². The molecule has 1 rings (SSSR count). The summed E-state index contributed by atoms with van der Waals surface area (Å²) >= 11 is 0. The van der Waals surface area contributed by atoms with E-state index >= 15 is 0 Å². The second-order valence-electron chi connectivity index (χ2n) is 4.37. The first-order valence-corrected chi connectivity index (χ1v) is 5.13. The molecular formula is C11H21NO. The molecule has 2 nitrogen and oxygen atoms in total. The van der Waals surface area contributed by atoms with E-state index in [9.17, 15) is 0 Å². The first-order valence-electron chi connectivity index (χ1n) is 5.13. The quantitative estimate of drug-likeness (QED) is 0.614. The summed E-state index contributed by atoms with van der Waals surface area (Å²) in [6, 6.07) is 0.465. The Morgan fingerprint density at radius 1 is 1.54 bits per heavy atom. The van der Waals surface area contributed by atoms with Crippen LogP contribution >= 0.6 is 0 Å². The van der Waals surface area contributed by atoms with Crippen LogP contribution in [0.1, 0.15) is 33.1 Å². The summed E-state index contributed by atoms with van der Waals surface area (Å²) in [6.45, 7) is 8.41. The van der Waals surface area contributed by atoms with Gasteiger partial charge >= 0.3 is 0 Å². The Balaban J connectivity index is 2.31. The van der Waals surface area contributed by atoms with Crippen LogP contribution in [0, 0.1) is 5.92 Å². The van der Waals surface area contributed by atoms with E-state index in [0.717, 1.165) is 19.3 Å². The molecule has 2 unspecified atom stereocenters. The van der Waals surface area contributed by atoms with Crippen LogP contribution in [-0.4, -0.2) is 23.3 Å². The standard InChI is InChI=1S/C11H21NO/c1-4-5-9(2)10(3)12-11(8-13)6-7-11/h4,9-10,12-13H,1,5-8H2,2-3H3. The number of nitrogens with one attached hydrogen (secondary N) is 1. The highest BCUT2D eigenvalue weighted by Gasteiger charge is 2.42. The van der Waals surface area contributed by atoms with Crippen LogP contribution in [0.3, 0.4) is 0 Å². The minimum atomic E-state index is 0.0643. The maximum absolute atomic E-state index is 9.13. The largest absolute Gasteiger partial charge is 0.394 e. The monoisotopic (exact) mass is 183 g/mol. The van der Waals surface area contributed by atoms with Crippen molar-refractivity contribution >= 4 is 0 Å². The third-order valence-electron chi connectivity index (χ3n) is 3.08. The summed E-state index contributed by atoms with van der Waals surface area (Å²) in [7, 11) is 0. The van der Waals surface area contributed by atoms with E-state index in [1.807, 2.05) is 6.08 Å². The van der Waals surface area contributed by atoms with Crippen LogP contribution in [0.5, 0.6) is 0 Å². The lowest BCUT2D eigenvalue weighted by Crippen LogP contribution is -2.44. The second-order valence-corrected chi connectivity index (χ2v) is 4.37. The highest BCUT2D eigenvalue weighted by Crippen LogP contribution is 2.35. The van der Waals surface area contributed by atoms with Crippen molar-refractivity contribution in [2.75, 3.05) is 6.61 Å². The molecule has 0 aromatic rings. The van der Waals surface area contributed by atoms with Crippen LogP contribution in [0.15, 0.2) is 12.7 Å². The van der Waals surface area contributed by atoms with Gasteiger partial charge in [0, 0.05) is 11.6 Å². The summed E-state index contributed by atoms with van der Waals surface area (Å²) in [4.78, 5) is 0. The van der Waals surface area contributed by atoms with E-state index < -0.39 is 0 Å². The maximum Gasteiger partial charge on any atom is 0.0613 e. The van der Waals surface area contributed by atoms with Crippen molar-refractivity contribution in [2.45, 2.75) is 44.7 Å². The van der Waals surface area contributed by atoms with E-state index in [4.69, 9.17) is 5.11 Å². The van der Waals surface area contributed by atoms with Crippen LogP contribution in [-0.2, 0) is 0 Å². The van der Waals surface area contributed by atoms with Gasteiger partial charge in [0.15, 0.2) is 0 Å². The summed E-state index contributed by atoms with van der Waals surface area (Å²) in [5.74, 6) is 0.599. The van der Waals surface area contributed by atoms with Gasteiger partial charge in [-0.15, -0.1) is 6.58 Å². The fourth-order valence-electron chi connectivity index (χ4n) is 1.59. The minimum Gasteiger partial charge on any atom is -0.394 e. The van der Waals surface area contributed by atoms with Gasteiger partial charge in [-0.1, -0.05) is 13.0 Å². The molecule has 0 spiro atoms. The molecule has 1 aliphatic carbocycles. The smallest absolute Gasteiger partial charge is 0.0613 e. The first kappa shape index (κ1) is 10.7. The lowest BCUT2D eigenvalue weighted by molar-refractivity contribution is 0.208. The number of aliphatic hydroxyl groups is 1. The molecule has 0 heterocycles. The average molecular weight is 183 g/mol. The highest BCUT2D eigenvalue weighted by atomic mass is 16.3. The van der Waals surface area contributed by atoms with E-state index in [0.29, 0.717) is 12.0 Å². The molecule has 76 valence electrons. The molecule has 0 radical (unpaired) electrons. The maximum atomic E-state index is 9.13. The lowest BCUT2D eigenvalue weighted by atomic mass is 9.99. The van der Waals surface area contributed by atoms with Crippen molar-refractivity contribution in [3.05, 3.63) is 12.7 Å². The third-order valence-corrected chi connectivity index (χ3v) is 3.08. The van der Waals surface area contributed by atoms with E-state index in [-0.39, 0.29) is 12.1 Å². The SMILES string of the molecule is C=CCC(C)C(C)NC1(CO)CC1. The van der Waals surface area contributed by atoms with Crippen LogP contribution in [0.25, 0.3) is 0 Å². The number of hydrogen-bond acceptors (Lipinski definition) is 2. The Morgan fingerprint density at radius 3 is 2.54 bits per heavy atom. The molecule has 13 heavy (non-hydrogen) atoms. The zero-order chi connectivity index (χ0) is 9.90. The van der Waals surface area contributed by atoms with Crippen LogP contribution in [0.4, 0.5) is 0 Å². The molecular weight excluding hydrogens is 162 g/mol. The lowest BCUT2D eigenvalue weighted by Gasteiger charge is -2.25. The van der Waals surface area contributed by atoms with Crippen molar-refractivity contribution in [1.29, 1.82) is 0 Å². The zero-order valence-corrected chi connectivity index (χ0v) is 8.71. The van der Waals surface area contributed by atoms with Crippen molar-refractivity contribution in [3.8, 4) is 0 Å². The predicted octanol–water partition coefficient (Wildman–Crippen LogP) is 1.70. The summed E-state index contributed by atoms with van der Waals surface area (Å²) in [5, 5.41) is 12.6. The summed E-state index contributed by atoms with van der Waals surface area (Å²) in [6.07, 6.45) is 5.24. The molecule has 0 bridgehead atoms. The predicted molar refractivity (Wildman–Crippen MR) is 55.6 cm³/mol. The molecule has 0 amide bonds. The van der Waals surface area contributed by atoms with Gasteiger partial charge in [-0.3, -0.25) is 0 Å². The molecule has 1 aliphatic rings. The van der Waals surface area contributed by atoms with Crippen molar-refractivity contribution in [2.24, 2.45) is 5.92 Å². The number of allylic oxidation sites excluding steroid dienone is 1. The van der Waals surface area contributed by atoms with Gasteiger partial charge in [0.1, 0.15) is 0 Å².